The molecule has 0 saturated heterocycles. The second-order valence-electron chi connectivity index (χ2n) is 4.50. The van der Waals surface area contributed by atoms with Gasteiger partial charge in [0.1, 0.15) is 5.75 Å². The van der Waals surface area contributed by atoms with Gasteiger partial charge in [-0.3, -0.25) is 4.98 Å². The third-order valence-electron chi connectivity index (χ3n) is 3.25. The summed E-state index contributed by atoms with van der Waals surface area (Å²) in [6.07, 6.45) is 5.97. The Bertz CT molecular complexity index is 748. The standard InChI is InChI=1S/C18H15NO/c1-20-18-12-11-17-15(8-5-13-19-17)16(18)10-9-14-6-3-2-4-7-14/h2-13H,1H3/b10-9+. The van der Waals surface area contributed by atoms with Gasteiger partial charge < -0.3 is 4.74 Å². The lowest BCUT2D eigenvalue weighted by atomic mass is 10.1. The predicted molar refractivity (Wildman–Crippen MR) is 83.7 cm³/mol. The molecule has 0 bridgehead atoms. The molecule has 0 aliphatic rings. The van der Waals surface area contributed by atoms with E-state index in [0.717, 1.165) is 27.8 Å². The summed E-state index contributed by atoms with van der Waals surface area (Å²) in [4.78, 5) is 4.38. The molecule has 0 aliphatic carbocycles. The molecule has 20 heavy (non-hydrogen) atoms. The number of ether oxygens (including phenoxy) is 1. The SMILES string of the molecule is COc1ccc2ncccc2c1/C=C/c1ccccc1. The highest BCUT2D eigenvalue weighted by Gasteiger charge is 2.05. The van der Waals surface area contributed by atoms with Crippen LogP contribution in [0.25, 0.3) is 23.1 Å². The van der Waals surface area contributed by atoms with Crippen molar-refractivity contribution in [2.45, 2.75) is 0 Å². The van der Waals surface area contributed by atoms with Crippen LogP contribution in [0.5, 0.6) is 5.75 Å². The van der Waals surface area contributed by atoms with E-state index < -0.39 is 0 Å². The first kappa shape index (κ1) is 12.4. The molecule has 3 aromatic rings. The van der Waals surface area contributed by atoms with Crippen LogP contribution in [0.3, 0.4) is 0 Å². The van der Waals surface area contributed by atoms with E-state index in [4.69, 9.17) is 4.74 Å². The zero-order valence-corrected chi connectivity index (χ0v) is 11.3. The van der Waals surface area contributed by atoms with Gasteiger partial charge in [-0.05, 0) is 29.8 Å². The molecule has 1 aromatic heterocycles. The number of aromatic nitrogens is 1. The summed E-state index contributed by atoms with van der Waals surface area (Å²) in [5, 5.41) is 1.10. The molecule has 0 radical (unpaired) electrons. The van der Waals surface area contributed by atoms with Gasteiger partial charge >= 0.3 is 0 Å². The quantitative estimate of drug-likeness (QED) is 0.651. The zero-order valence-electron chi connectivity index (χ0n) is 11.3. The summed E-state index contributed by atoms with van der Waals surface area (Å²) in [5.74, 6) is 0.859. The second kappa shape index (κ2) is 5.57. The third kappa shape index (κ3) is 2.41. The first-order chi connectivity index (χ1) is 9.88. The molecule has 0 saturated carbocycles. The van der Waals surface area contributed by atoms with Crippen LogP contribution in [0.15, 0.2) is 60.8 Å². The lowest BCUT2D eigenvalue weighted by molar-refractivity contribution is 0.414. The number of fused-ring (bicyclic) bond motifs is 1. The number of pyridine rings is 1. The van der Waals surface area contributed by atoms with Crippen LogP contribution in [0, 0.1) is 0 Å². The summed E-state index contributed by atoms with van der Waals surface area (Å²) in [6, 6.07) is 18.2. The lowest BCUT2D eigenvalue weighted by Crippen LogP contribution is -1.89. The summed E-state index contributed by atoms with van der Waals surface area (Å²) in [7, 11) is 1.69. The molecule has 0 fully saturated rings. The number of methoxy groups -OCH3 is 1. The molecule has 2 heteroatoms. The van der Waals surface area contributed by atoms with E-state index in [0.29, 0.717) is 0 Å². The Morgan fingerprint density at radius 2 is 1.75 bits per heavy atom. The van der Waals surface area contributed by atoms with Crippen LogP contribution >= 0.6 is 0 Å². The predicted octanol–water partition coefficient (Wildman–Crippen LogP) is 4.41. The summed E-state index contributed by atoms with van der Waals surface area (Å²) in [6.45, 7) is 0. The molecule has 98 valence electrons. The van der Waals surface area contributed by atoms with Gasteiger partial charge in [0, 0.05) is 17.1 Å². The molecule has 2 aromatic carbocycles. The zero-order chi connectivity index (χ0) is 13.8. The van der Waals surface area contributed by atoms with Gasteiger partial charge in [-0.25, -0.2) is 0 Å². The Hall–Kier alpha value is -2.61. The summed E-state index contributed by atoms with van der Waals surface area (Å²) >= 11 is 0. The maximum atomic E-state index is 5.46. The van der Waals surface area contributed by atoms with Crippen LogP contribution in [0.1, 0.15) is 11.1 Å². The van der Waals surface area contributed by atoms with E-state index in [-0.39, 0.29) is 0 Å². The average molecular weight is 261 g/mol. The number of benzene rings is 2. The van der Waals surface area contributed by atoms with Crippen LogP contribution in [-0.4, -0.2) is 12.1 Å². The number of rotatable bonds is 3. The summed E-state index contributed by atoms with van der Waals surface area (Å²) in [5.41, 5.74) is 3.19. The fraction of sp³-hybridized carbons (Fsp3) is 0.0556. The van der Waals surface area contributed by atoms with Crippen LogP contribution in [-0.2, 0) is 0 Å². The molecule has 0 unspecified atom stereocenters. The van der Waals surface area contributed by atoms with Gasteiger partial charge in [0.15, 0.2) is 0 Å². The van der Waals surface area contributed by atoms with Crippen molar-refractivity contribution in [2.75, 3.05) is 7.11 Å². The van der Waals surface area contributed by atoms with E-state index in [9.17, 15) is 0 Å². The summed E-state index contributed by atoms with van der Waals surface area (Å²) < 4.78 is 5.46. The van der Waals surface area contributed by atoms with E-state index in [1.165, 1.54) is 0 Å². The molecule has 0 aliphatic heterocycles. The van der Waals surface area contributed by atoms with Gasteiger partial charge in [-0.15, -0.1) is 0 Å². The normalized spacial score (nSPS) is 11.1. The minimum Gasteiger partial charge on any atom is -0.496 e. The Kier molecular flexibility index (Phi) is 3.46. The molecule has 0 amide bonds. The fourth-order valence-corrected chi connectivity index (χ4v) is 2.25. The Balaban J connectivity index is 2.12. The maximum Gasteiger partial charge on any atom is 0.126 e. The van der Waals surface area contributed by atoms with E-state index >= 15 is 0 Å². The van der Waals surface area contributed by atoms with Crippen molar-refractivity contribution in [1.82, 2.24) is 4.98 Å². The van der Waals surface area contributed by atoms with Crippen molar-refractivity contribution < 1.29 is 4.74 Å². The van der Waals surface area contributed by atoms with Crippen molar-refractivity contribution in [2.24, 2.45) is 0 Å². The number of hydrogen-bond donors (Lipinski definition) is 0. The van der Waals surface area contributed by atoms with Crippen molar-refractivity contribution in [3.63, 3.8) is 0 Å². The molecule has 3 rings (SSSR count). The van der Waals surface area contributed by atoms with Crippen molar-refractivity contribution in [1.29, 1.82) is 0 Å². The lowest BCUT2D eigenvalue weighted by Gasteiger charge is -2.08. The van der Waals surface area contributed by atoms with Crippen molar-refractivity contribution >= 4 is 23.1 Å². The highest BCUT2D eigenvalue weighted by molar-refractivity contribution is 5.93. The first-order valence-electron chi connectivity index (χ1n) is 6.53. The van der Waals surface area contributed by atoms with Gasteiger partial charge in [-0.2, -0.15) is 0 Å². The topological polar surface area (TPSA) is 22.1 Å². The Morgan fingerprint density at radius 3 is 2.55 bits per heavy atom. The van der Waals surface area contributed by atoms with Gasteiger partial charge in [0.05, 0.1) is 12.6 Å². The van der Waals surface area contributed by atoms with Crippen LogP contribution in [0.2, 0.25) is 0 Å². The Morgan fingerprint density at radius 1 is 0.900 bits per heavy atom. The number of hydrogen-bond acceptors (Lipinski definition) is 2. The minimum absolute atomic E-state index is 0.859. The molecule has 0 spiro atoms. The molecule has 0 atom stereocenters. The average Bonchev–Trinajstić information content (AvgIpc) is 2.53. The van der Waals surface area contributed by atoms with Gasteiger partial charge in [0.2, 0.25) is 0 Å². The van der Waals surface area contributed by atoms with E-state index in [1.807, 2.05) is 36.4 Å². The number of nitrogens with zero attached hydrogens (tertiary/aromatic N) is 1. The van der Waals surface area contributed by atoms with E-state index in [1.54, 1.807) is 13.3 Å². The highest BCUT2D eigenvalue weighted by atomic mass is 16.5. The van der Waals surface area contributed by atoms with Crippen LogP contribution in [0.4, 0.5) is 0 Å². The first-order valence-corrected chi connectivity index (χ1v) is 6.53. The van der Waals surface area contributed by atoms with Gasteiger partial charge in [0.25, 0.3) is 0 Å². The van der Waals surface area contributed by atoms with Gasteiger partial charge in [-0.1, -0.05) is 42.5 Å². The monoisotopic (exact) mass is 261 g/mol. The van der Waals surface area contributed by atoms with Crippen molar-refractivity contribution in [3.8, 4) is 5.75 Å². The maximum absolute atomic E-state index is 5.46. The largest absolute Gasteiger partial charge is 0.496 e. The third-order valence-corrected chi connectivity index (χ3v) is 3.25. The van der Waals surface area contributed by atoms with Crippen LogP contribution < -0.4 is 4.74 Å². The molecule has 2 nitrogen and oxygen atoms in total. The highest BCUT2D eigenvalue weighted by Crippen LogP contribution is 2.28. The van der Waals surface area contributed by atoms with E-state index in [2.05, 4.69) is 35.3 Å². The molecule has 1 heterocycles. The Labute approximate surface area is 118 Å². The van der Waals surface area contributed by atoms with Crippen molar-refractivity contribution in [3.05, 3.63) is 71.9 Å². The molecule has 0 N–H and O–H groups in total. The fourth-order valence-electron chi connectivity index (χ4n) is 2.25. The smallest absolute Gasteiger partial charge is 0.126 e. The molecular formula is C18H15NO. The second-order valence-corrected chi connectivity index (χ2v) is 4.50. The molecular weight excluding hydrogens is 246 g/mol. The minimum atomic E-state index is 0.859.